The summed E-state index contributed by atoms with van der Waals surface area (Å²) < 4.78 is 9.92. The third-order valence-corrected chi connectivity index (χ3v) is 1.98. The van der Waals surface area contributed by atoms with Crippen molar-refractivity contribution in [1.82, 2.24) is 0 Å². The molecule has 0 spiro atoms. The Morgan fingerprint density at radius 3 is 2.67 bits per heavy atom. The second-order valence-electron chi connectivity index (χ2n) is 2.82. The summed E-state index contributed by atoms with van der Waals surface area (Å²) in [6.45, 7) is -0.321. The number of hydrogen-bond acceptors (Lipinski definition) is 5. The van der Waals surface area contributed by atoms with Crippen molar-refractivity contribution in [2.45, 2.75) is 31.0 Å². The molecule has 3 N–H and O–H groups in total. The fraction of sp³-hybridized carbons (Fsp3) is 1.00. The first-order valence-corrected chi connectivity index (χ1v) is 3.84. The number of aliphatic hydroxyl groups is 3. The van der Waals surface area contributed by atoms with Crippen molar-refractivity contribution in [3.63, 3.8) is 0 Å². The largest absolute Gasteiger partial charge is 0.394 e. The Morgan fingerprint density at radius 2 is 2.17 bits per heavy atom. The van der Waals surface area contributed by atoms with Crippen LogP contribution in [0.4, 0.5) is 0 Å². The highest BCUT2D eigenvalue weighted by Crippen LogP contribution is 2.20. The second kappa shape index (κ2) is 4.15. The molecular formula is C7H14O5. The molecule has 0 saturated carbocycles. The van der Waals surface area contributed by atoms with Gasteiger partial charge in [0.2, 0.25) is 0 Å². The van der Waals surface area contributed by atoms with Crippen molar-refractivity contribution < 1.29 is 24.8 Å². The van der Waals surface area contributed by atoms with Crippen molar-refractivity contribution in [3.8, 4) is 0 Å². The van der Waals surface area contributed by atoms with E-state index in [4.69, 9.17) is 14.6 Å². The number of rotatable bonds is 2. The molecule has 5 heteroatoms. The molecule has 5 nitrogen and oxygen atoms in total. The molecule has 0 aliphatic carbocycles. The molecule has 1 fully saturated rings. The standard InChI is InChI=1S/C7H14O5/c1-11-6-2-4(9)7(10)5(3-8)12-6/h4-10H,2-3H2,1H3/t4-,5?,6+,7-/m0/s1. The van der Waals surface area contributed by atoms with Crippen LogP contribution in [0.3, 0.4) is 0 Å². The molecule has 1 unspecified atom stereocenters. The van der Waals surface area contributed by atoms with E-state index in [0.717, 1.165) is 0 Å². The van der Waals surface area contributed by atoms with Crippen molar-refractivity contribution in [2.75, 3.05) is 13.7 Å². The monoisotopic (exact) mass is 178 g/mol. The van der Waals surface area contributed by atoms with E-state index >= 15 is 0 Å². The SMILES string of the molecule is CO[C@H]1C[C@H](O)[C@H](O)C(CO)O1. The Hall–Kier alpha value is -0.200. The van der Waals surface area contributed by atoms with Crippen molar-refractivity contribution in [2.24, 2.45) is 0 Å². The van der Waals surface area contributed by atoms with Crippen LogP contribution < -0.4 is 0 Å². The van der Waals surface area contributed by atoms with E-state index < -0.39 is 24.6 Å². The van der Waals surface area contributed by atoms with E-state index in [1.165, 1.54) is 7.11 Å². The molecule has 1 saturated heterocycles. The van der Waals surface area contributed by atoms with Gasteiger partial charge in [-0.15, -0.1) is 0 Å². The smallest absolute Gasteiger partial charge is 0.160 e. The summed E-state index contributed by atoms with van der Waals surface area (Å²) in [6, 6.07) is 0. The lowest BCUT2D eigenvalue weighted by molar-refractivity contribution is -0.248. The maximum absolute atomic E-state index is 9.26. The Morgan fingerprint density at radius 1 is 1.50 bits per heavy atom. The van der Waals surface area contributed by atoms with Crippen LogP contribution in [-0.4, -0.2) is 53.6 Å². The molecule has 1 heterocycles. The van der Waals surface area contributed by atoms with Crippen LogP contribution in [0.2, 0.25) is 0 Å². The van der Waals surface area contributed by atoms with E-state index in [9.17, 15) is 10.2 Å². The molecule has 0 aromatic carbocycles. The normalized spacial score (nSPS) is 43.0. The van der Waals surface area contributed by atoms with Gasteiger partial charge < -0.3 is 24.8 Å². The number of aliphatic hydroxyl groups excluding tert-OH is 3. The summed E-state index contributed by atoms with van der Waals surface area (Å²) in [5, 5.41) is 27.3. The van der Waals surface area contributed by atoms with Gasteiger partial charge >= 0.3 is 0 Å². The van der Waals surface area contributed by atoms with Crippen molar-refractivity contribution in [3.05, 3.63) is 0 Å². The predicted molar refractivity (Wildman–Crippen MR) is 39.4 cm³/mol. The molecule has 0 aromatic rings. The summed E-state index contributed by atoms with van der Waals surface area (Å²) in [6.07, 6.45) is -2.98. The molecule has 0 bridgehead atoms. The van der Waals surface area contributed by atoms with Gasteiger partial charge in [0.05, 0.1) is 12.7 Å². The third kappa shape index (κ3) is 1.94. The van der Waals surface area contributed by atoms with E-state index in [2.05, 4.69) is 0 Å². The topological polar surface area (TPSA) is 79.2 Å². The molecular weight excluding hydrogens is 164 g/mol. The molecule has 12 heavy (non-hydrogen) atoms. The molecule has 1 rings (SSSR count). The van der Waals surface area contributed by atoms with Crippen LogP contribution in [0.5, 0.6) is 0 Å². The first-order valence-electron chi connectivity index (χ1n) is 3.84. The van der Waals surface area contributed by atoms with Crippen LogP contribution in [0.1, 0.15) is 6.42 Å². The highest BCUT2D eigenvalue weighted by Gasteiger charge is 2.36. The van der Waals surface area contributed by atoms with Gasteiger partial charge in [0.15, 0.2) is 6.29 Å². The molecule has 1 aliphatic heterocycles. The molecule has 72 valence electrons. The second-order valence-corrected chi connectivity index (χ2v) is 2.82. The van der Waals surface area contributed by atoms with Gasteiger partial charge in [-0.05, 0) is 0 Å². The fourth-order valence-corrected chi connectivity index (χ4v) is 1.22. The first-order chi connectivity index (χ1) is 5.69. The zero-order valence-corrected chi connectivity index (χ0v) is 6.88. The van der Waals surface area contributed by atoms with Gasteiger partial charge in [-0.3, -0.25) is 0 Å². The average Bonchev–Trinajstić information content (AvgIpc) is 2.09. The predicted octanol–water partition coefficient (Wildman–Crippen LogP) is -1.54. The highest BCUT2D eigenvalue weighted by molar-refractivity contribution is 4.81. The summed E-state index contributed by atoms with van der Waals surface area (Å²) in [7, 11) is 1.45. The highest BCUT2D eigenvalue weighted by atomic mass is 16.7. The minimum absolute atomic E-state index is 0.230. The Bertz CT molecular complexity index is 140. The number of hydrogen-bond donors (Lipinski definition) is 3. The van der Waals surface area contributed by atoms with E-state index in [0.29, 0.717) is 0 Å². The molecule has 0 amide bonds. The summed E-state index contributed by atoms with van der Waals surface area (Å²) in [4.78, 5) is 0. The van der Waals surface area contributed by atoms with E-state index in [1.54, 1.807) is 0 Å². The molecule has 0 aromatic heterocycles. The Labute approximate surface area is 70.5 Å². The van der Waals surface area contributed by atoms with E-state index in [-0.39, 0.29) is 13.0 Å². The fourth-order valence-electron chi connectivity index (χ4n) is 1.22. The zero-order chi connectivity index (χ0) is 9.14. The maximum Gasteiger partial charge on any atom is 0.160 e. The summed E-state index contributed by atoms with van der Waals surface area (Å²) in [5.41, 5.74) is 0. The minimum atomic E-state index is -1.03. The summed E-state index contributed by atoms with van der Waals surface area (Å²) in [5.74, 6) is 0. The quantitative estimate of drug-likeness (QED) is 0.477. The van der Waals surface area contributed by atoms with Crippen molar-refractivity contribution in [1.29, 1.82) is 0 Å². The lowest BCUT2D eigenvalue weighted by Crippen LogP contribution is -2.50. The van der Waals surface area contributed by atoms with Gasteiger partial charge in [-0.2, -0.15) is 0 Å². The lowest BCUT2D eigenvalue weighted by atomic mass is 10.0. The Kier molecular flexibility index (Phi) is 3.42. The molecule has 4 atom stereocenters. The number of ether oxygens (including phenoxy) is 2. The van der Waals surface area contributed by atoms with Crippen LogP contribution in [0.25, 0.3) is 0 Å². The van der Waals surface area contributed by atoms with Gasteiger partial charge in [0.25, 0.3) is 0 Å². The van der Waals surface area contributed by atoms with E-state index in [1.807, 2.05) is 0 Å². The van der Waals surface area contributed by atoms with Crippen LogP contribution in [0.15, 0.2) is 0 Å². The molecule has 1 aliphatic rings. The van der Waals surface area contributed by atoms with Crippen LogP contribution >= 0.6 is 0 Å². The Balaban J connectivity index is 2.52. The third-order valence-electron chi connectivity index (χ3n) is 1.98. The van der Waals surface area contributed by atoms with Gasteiger partial charge in [-0.25, -0.2) is 0 Å². The minimum Gasteiger partial charge on any atom is -0.394 e. The summed E-state index contributed by atoms with van der Waals surface area (Å²) >= 11 is 0. The molecule has 0 radical (unpaired) electrons. The van der Waals surface area contributed by atoms with Gasteiger partial charge in [0.1, 0.15) is 12.2 Å². The number of methoxy groups -OCH3 is 1. The average molecular weight is 178 g/mol. The maximum atomic E-state index is 9.26. The van der Waals surface area contributed by atoms with Gasteiger partial charge in [-0.1, -0.05) is 0 Å². The van der Waals surface area contributed by atoms with Gasteiger partial charge in [0, 0.05) is 13.5 Å². The lowest BCUT2D eigenvalue weighted by Gasteiger charge is -2.35. The van der Waals surface area contributed by atoms with Crippen LogP contribution in [-0.2, 0) is 9.47 Å². The first kappa shape index (κ1) is 9.88. The zero-order valence-electron chi connectivity index (χ0n) is 6.88. The van der Waals surface area contributed by atoms with Crippen LogP contribution in [0, 0.1) is 0 Å². The van der Waals surface area contributed by atoms with Crippen molar-refractivity contribution >= 4 is 0 Å².